The Morgan fingerprint density at radius 2 is 1.69 bits per heavy atom. The van der Waals surface area contributed by atoms with Crippen molar-refractivity contribution in [1.29, 1.82) is 0 Å². The van der Waals surface area contributed by atoms with Gasteiger partial charge in [-0.15, -0.1) is 0 Å². The van der Waals surface area contributed by atoms with Gasteiger partial charge in [0.2, 0.25) is 0 Å². The van der Waals surface area contributed by atoms with Crippen molar-refractivity contribution in [2.45, 2.75) is 52.0 Å². The number of carbonyl (C=O) groups excluding carboxylic acids is 3. The van der Waals surface area contributed by atoms with Gasteiger partial charge in [-0.2, -0.15) is 0 Å². The van der Waals surface area contributed by atoms with Crippen molar-refractivity contribution < 1.29 is 19.1 Å². The lowest BCUT2D eigenvalue weighted by Crippen LogP contribution is -2.40. The van der Waals surface area contributed by atoms with E-state index >= 15 is 0 Å². The highest BCUT2D eigenvalue weighted by Crippen LogP contribution is 2.46. The lowest BCUT2D eigenvalue weighted by Gasteiger charge is -2.27. The number of hydrogen-bond acceptors (Lipinski definition) is 4. The molecule has 1 aromatic rings. The first-order chi connectivity index (χ1) is 12.5. The fourth-order valence-electron chi connectivity index (χ4n) is 3.94. The smallest absolute Gasteiger partial charge is 0.337 e. The number of amides is 2. The second kappa shape index (κ2) is 7.48. The van der Waals surface area contributed by atoms with Crippen molar-refractivity contribution in [3.63, 3.8) is 0 Å². The minimum atomic E-state index is -0.834. The van der Waals surface area contributed by atoms with E-state index in [1.807, 2.05) is 12.1 Å². The molecule has 2 amide bonds. The van der Waals surface area contributed by atoms with Gasteiger partial charge in [-0.05, 0) is 37.0 Å². The summed E-state index contributed by atoms with van der Waals surface area (Å²) in [5, 5.41) is 3.28. The number of esters is 1. The Labute approximate surface area is 154 Å². The van der Waals surface area contributed by atoms with Crippen LogP contribution in [-0.4, -0.2) is 41.5 Å². The van der Waals surface area contributed by atoms with E-state index in [0.717, 1.165) is 31.2 Å². The van der Waals surface area contributed by atoms with Gasteiger partial charge in [0.05, 0.1) is 19.2 Å². The number of methoxy groups -OCH3 is 1. The lowest BCUT2D eigenvalue weighted by molar-refractivity contribution is -0.148. The van der Waals surface area contributed by atoms with Crippen molar-refractivity contribution in [1.82, 2.24) is 10.0 Å². The maximum Gasteiger partial charge on any atom is 0.337 e. The number of hydrazine groups is 1. The third-order valence-corrected chi connectivity index (χ3v) is 5.47. The quantitative estimate of drug-likeness (QED) is 0.579. The molecule has 1 aliphatic carbocycles. The van der Waals surface area contributed by atoms with Crippen LogP contribution in [0.3, 0.4) is 0 Å². The maximum atomic E-state index is 13.1. The molecule has 1 aromatic carbocycles. The second-order valence-electron chi connectivity index (χ2n) is 7.12. The average Bonchev–Trinajstić information content (AvgIpc) is 3.23. The standard InChI is InChI=1S/C20H26N2O4/c1-3-4-13-21-18(24)20(11-5-6-12-20)19(25)22(21)14-15-7-9-16(10-8-15)17(23)26-2/h7-10H,3-6,11-14H2,1-2H3. The van der Waals surface area contributed by atoms with Crippen LogP contribution in [0.4, 0.5) is 0 Å². The fourth-order valence-corrected chi connectivity index (χ4v) is 3.94. The van der Waals surface area contributed by atoms with E-state index < -0.39 is 11.4 Å². The van der Waals surface area contributed by atoms with Gasteiger partial charge in [0.1, 0.15) is 5.41 Å². The van der Waals surface area contributed by atoms with Crippen LogP contribution >= 0.6 is 0 Å². The van der Waals surface area contributed by atoms with Crippen LogP contribution in [0.1, 0.15) is 61.4 Å². The molecule has 6 nitrogen and oxygen atoms in total. The first kappa shape index (κ1) is 18.4. The number of nitrogens with zero attached hydrogens (tertiary/aromatic N) is 2. The van der Waals surface area contributed by atoms with Crippen molar-refractivity contribution in [3.8, 4) is 0 Å². The zero-order valence-electron chi connectivity index (χ0n) is 15.5. The molecule has 1 saturated heterocycles. The highest BCUT2D eigenvalue weighted by Gasteiger charge is 2.58. The fraction of sp³-hybridized carbons (Fsp3) is 0.550. The molecule has 0 bridgehead atoms. The van der Waals surface area contributed by atoms with Crippen LogP contribution < -0.4 is 0 Å². The summed E-state index contributed by atoms with van der Waals surface area (Å²) in [6.07, 6.45) is 5.01. The monoisotopic (exact) mass is 358 g/mol. The molecule has 1 aliphatic heterocycles. The summed E-state index contributed by atoms with van der Waals surface area (Å²) in [4.78, 5) is 37.7. The van der Waals surface area contributed by atoms with Gasteiger partial charge < -0.3 is 4.74 Å². The van der Waals surface area contributed by atoms with Crippen molar-refractivity contribution in [3.05, 3.63) is 35.4 Å². The van der Waals surface area contributed by atoms with Gasteiger partial charge >= 0.3 is 5.97 Å². The summed E-state index contributed by atoms with van der Waals surface area (Å²) >= 11 is 0. The molecule has 1 saturated carbocycles. The van der Waals surface area contributed by atoms with Crippen LogP contribution in [0.25, 0.3) is 0 Å². The minimum Gasteiger partial charge on any atom is -0.465 e. The zero-order valence-corrected chi connectivity index (χ0v) is 15.5. The number of hydrogen-bond donors (Lipinski definition) is 0. The number of unbranched alkanes of at least 4 members (excludes halogenated alkanes) is 1. The maximum absolute atomic E-state index is 13.1. The number of ether oxygens (including phenoxy) is 1. The predicted octanol–water partition coefficient (Wildman–Crippen LogP) is 2.92. The van der Waals surface area contributed by atoms with Gasteiger partial charge in [0.15, 0.2) is 0 Å². The van der Waals surface area contributed by atoms with Crippen molar-refractivity contribution >= 4 is 17.8 Å². The third kappa shape index (κ3) is 3.08. The molecule has 0 atom stereocenters. The Morgan fingerprint density at radius 3 is 2.27 bits per heavy atom. The van der Waals surface area contributed by atoms with Crippen molar-refractivity contribution in [2.75, 3.05) is 13.7 Å². The summed E-state index contributed by atoms with van der Waals surface area (Å²) in [5.41, 5.74) is 0.519. The van der Waals surface area contributed by atoms with Gasteiger partial charge in [-0.1, -0.05) is 38.3 Å². The molecule has 0 aromatic heterocycles. The summed E-state index contributed by atoms with van der Waals surface area (Å²) < 4.78 is 4.71. The van der Waals surface area contributed by atoms with Gasteiger partial charge in [-0.3, -0.25) is 14.6 Å². The average molecular weight is 358 g/mol. The zero-order chi connectivity index (χ0) is 18.7. The number of carbonyl (C=O) groups is 3. The second-order valence-corrected chi connectivity index (χ2v) is 7.12. The van der Waals surface area contributed by atoms with E-state index in [4.69, 9.17) is 4.74 Å². The summed E-state index contributed by atoms with van der Waals surface area (Å²) in [6.45, 7) is 2.99. The lowest BCUT2D eigenvalue weighted by atomic mass is 9.85. The van der Waals surface area contributed by atoms with Gasteiger partial charge in [0, 0.05) is 6.54 Å². The normalized spacial score (nSPS) is 18.8. The highest BCUT2D eigenvalue weighted by atomic mass is 16.5. The van der Waals surface area contributed by atoms with Crippen LogP contribution in [0.15, 0.2) is 24.3 Å². The Bertz CT molecular complexity index is 692. The molecule has 0 radical (unpaired) electrons. The van der Waals surface area contributed by atoms with Gasteiger partial charge in [-0.25, -0.2) is 9.80 Å². The summed E-state index contributed by atoms with van der Waals surface area (Å²) in [6, 6.07) is 6.99. The van der Waals surface area contributed by atoms with Crippen LogP contribution in [-0.2, 0) is 20.9 Å². The third-order valence-electron chi connectivity index (χ3n) is 5.47. The van der Waals surface area contributed by atoms with Gasteiger partial charge in [0.25, 0.3) is 11.8 Å². The Balaban J connectivity index is 1.82. The largest absolute Gasteiger partial charge is 0.465 e. The number of rotatable bonds is 6. The Morgan fingerprint density at radius 1 is 1.08 bits per heavy atom. The first-order valence-corrected chi connectivity index (χ1v) is 9.34. The van der Waals surface area contributed by atoms with Crippen LogP contribution in [0.2, 0.25) is 0 Å². The molecular formula is C20H26N2O4. The Hall–Kier alpha value is -2.37. The van der Waals surface area contributed by atoms with Crippen LogP contribution in [0, 0.1) is 5.41 Å². The molecule has 1 spiro atoms. The predicted molar refractivity (Wildman–Crippen MR) is 95.9 cm³/mol. The summed E-state index contributed by atoms with van der Waals surface area (Å²) in [7, 11) is 1.34. The van der Waals surface area contributed by atoms with E-state index in [1.165, 1.54) is 7.11 Å². The molecule has 6 heteroatoms. The summed E-state index contributed by atoms with van der Waals surface area (Å²) in [5.74, 6) is -0.480. The first-order valence-electron chi connectivity index (χ1n) is 9.34. The molecule has 0 unspecified atom stereocenters. The van der Waals surface area contributed by atoms with E-state index in [2.05, 4.69) is 6.92 Å². The molecule has 26 heavy (non-hydrogen) atoms. The minimum absolute atomic E-state index is 0.0281. The molecule has 1 heterocycles. The molecule has 0 N–H and O–H groups in total. The molecule has 2 fully saturated rings. The SMILES string of the molecule is CCCCN1C(=O)C2(CCCC2)C(=O)N1Cc1ccc(C(=O)OC)cc1. The van der Waals surface area contributed by atoms with Crippen molar-refractivity contribution in [2.24, 2.45) is 5.41 Å². The molecule has 3 rings (SSSR count). The topological polar surface area (TPSA) is 66.9 Å². The molecular weight excluding hydrogens is 332 g/mol. The van der Waals surface area contributed by atoms with E-state index in [0.29, 0.717) is 31.5 Å². The Kier molecular flexibility index (Phi) is 5.30. The molecule has 140 valence electrons. The van der Waals surface area contributed by atoms with Crippen LogP contribution in [0.5, 0.6) is 0 Å². The van der Waals surface area contributed by atoms with E-state index in [-0.39, 0.29) is 11.8 Å². The van der Waals surface area contributed by atoms with E-state index in [1.54, 1.807) is 22.2 Å². The number of benzene rings is 1. The molecule has 2 aliphatic rings. The van der Waals surface area contributed by atoms with E-state index in [9.17, 15) is 14.4 Å². The highest BCUT2D eigenvalue weighted by molar-refractivity contribution is 6.10.